The minimum absolute atomic E-state index is 0.00889. The minimum Gasteiger partial charge on any atom is -0.488 e. The first-order chi connectivity index (χ1) is 9.52. The Bertz CT molecular complexity index is 582. The van der Waals surface area contributed by atoms with Crippen LogP contribution < -0.4 is 4.74 Å². The maximum atomic E-state index is 7.56. The molecule has 0 saturated heterocycles. The molecular formula is C18H21NO. The van der Waals surface area contributed by atoms with Gasteiger partial charge in [0, 0.05) is 17.3 Å². The summed E-state index contributed by atoms with van der Waals surface area (Å²) in [4.78, 5) is 0. The second kappa shape index (κ2) is 5.91. The van der Waals surface area contributed by atoms with Crippen molar-refractivity contribution in [3.05, 3.63) is 65.2 Å². The Hall–Kier alpha value is -2.09. The number of hydrogen-bond donors (Lipinski definition) is 1. The van der Waals surface area contributed by atoms with Gasteiger partial charge in [-0.05, 0) is 17.0 Å². The first kappa shape index (κ1) is 14.3. The molecule has 0 aliphatic rings. The molecule has 2 aromatic rings. The van der Waals surface area contributed by atoms with Crippen molar-refractivity contribution >= 4 is 6.21 Å². The molecule has 0 heterocycles. The van der Waals surface area contributed by atoms with E-state index in [9.17, 15) is 0 Å². The van der Waals surface area contributed by atoms with Gasteiger partial charge in [0.05, 0.1) is 0 Å². The van der Waals surface area contributed by atoms with Crippen molar-refractivity contribution in [1.29, 1.82) is 5.41 Å². The largest absolute Gasteiger partial charge is 0.488 e. The standard InChI is InChI=1S/C18H21NO/c1-18(2,3)16-11-7-10-15(12-19)17(16)20-13-14-8-5-4-6-9-14/h4-12,19H,13H2,1-3H3. The lowest BCUT2D eigenvalue weighted by molar-refractivity contribution is 0.297. The number of rotatable bonds is 4. The van der Waals surface area contributed by atoms with Crippen LogP contribution >= 0.6 is 0 Å². The summed E-state index contributed by atoms with van der Waals surface area (Å²) < 4.78 is 6.02. The van der Waals surface area contributed by atoms with Gasteiger partial charge in [-0.15, -0.1) is 0 Å². The Kier molecular flexibility index (Phi) is 4.23. The molecule has 2 nitrogen and oxygen atoms in total. The summed E-state index contributed by atoms with van der Waals surface area (Å²) >= 11 is 0. The molecule has 0 bridgehead atoms. The van der Waals surface area contributed by atoms with E-state index in [1.165, 1.54) is 6.21 Å². The lowest BCUT2D eigenvalue weighted by Gasteiger charge is -2.24. The molecule has 2 aromatic carbocycles. The second-order valence-corrected chi connectivity index (χ2v) is 5.89. The van der Waals surface area contributed by atoms with Crippen molar-refractivity contribution in [2.45, 2.75) is 32.8 Å². The number of para-hydroxylation sites is 1. The van der Waals surface area contributed by atoms with Crippen molar-refractivity contribution in [2.24, 2.45) is 0 Å². The number of benzene rings is 2. The normalized spacial score (nSPS) is 11.2. The van der Waals surface area contributed by atoms with Gasteiger partial charge in [0.25, 0.3) is 0 Å². The van der Waals surface area contributed by atoms with E-state index < -0.39 is 0 Å². The highest BCUT2D eigenvalue weighted by Gasteiger charge is 2.20. The summed E-state index contributed by atoms with van der Waals surface area (Å²) in [5.41, 5.74) is 3.08. The van der Waals surface area contributed by atoms with E-state index in [1.54, 1.807) is 0 Å². The van der Waals surface area contributed by atoms with E-state index in [-0.39, 0.29) is 5.41 Å². The molecule has 104 valence electrons. The average molecular weight is 267 g/mol. The SMILES string of the molecule is CC(C)(C)c1cccc(C=N)c1OCc1ccccc1. The van der Waals surface area contributed by atoms with E-state index >= 15 is 0 Å². The molecule has 0 aliphatic heterocycles. The van der Waals surface area contributed by atoms with Crippen molar-refractivity contribution in [3.8, 4) is 5.75 Å². The fraction of sp³-hybridized carbons (Fsp3) is 0.278. The van der Waals surface area contributed by atoms with Crippen LogP contribution in [0, 0.1) is 5.41 Å². The highest BCUT2D eigenvalue weighted by Crippen LogP contribution is 2.33. The van der Waals surface area contributed by atoms with Gasteiger partial charge in [-0.25, -0.2) is 0 Å². The lowest BCUT2D eigenvalue weighted by atomic mass is 9.85. The van der Waals surface area contributed by atoms with Gasteiger partial charge in [0.15, 0.2) is 0 Å². The van der Waals surface area contributed by atoms with Crippen molar-refractivity contribution in [2.75, 3.05) is 0 Å². The monoisotopic (exact) mass is 267 g/mol. The molecule has 0 aromatic heterocycles. The highest BCUT2D eigenvalue weighted by molar-refractivity contribution is 5.82. The molecule has 0 unspecified atom stereocenters. The maximum Gasteiger partial charge on any atom is 0.132 e. The first-order valence-electron chi connectivity index (χ1n) is 6.83. The Balaban J connectivity index is 2.32. The Labute approximate surface area is 120 Å². The molecule has 20 heavy (non-hydrogen) atoms. The molecule has 2 heteroatoms. The van der Waals surface area contributed by atoms with E-state index in [0.717, 1.165) is 22.4 Å². The summed E-state index contributed by atoms with van der Waals surface area (Å²) in [6.45, 7) is 7.00. The maximum absolute atomic E-state index is 7.56. The van der Waals surface area contributed by atoms with Gasteiger partial charge in [0.1, 0.15) is 12.4 Å². The zero-order valence-corrected chi connectivity index (χ0v) is 12.3. The van der Waals surface area contributed by atoms with Gasteiger partial charge in [0.2, 0.25) is 0 Å². The van der Waals surface area contributed by atoms with Crippen LogP contribution in [0.5, 0.6) is 5.75 Å². The molecule has 1 N–H and O–H groups in total. The second-order valence-electron chi connectivity index (χ2n) is 5.89. The quantitative estimate of drug-likeness (QED) is 0.809. The van der Waals surface area contributed by atoms with Crippen molar-refractivity contribution < 1.29 is 4.74 Å². The predicted octanol–water partition coefficient (Wildman–Crippen LogP) is 4.56. The summed E-state index contributed by atoms with van der Waals surface area (Å²) in [5, 5.41) is 7.56. The number of nitrogens with one attached hydrogen (secondary N) is 1. The van der Waals surface area contributed by atoms with Crippen LogP contribution in [-0.2, 0) is 12.0 Å². The minimum atomic E-state index is -0.00889. The van der Waals surface area contributed by atoms with Gasteiger partial charge in [-0.3, -0.25) is 0 Å². The first-order valence-corrected chi connectivity index (χ1v) is 6.83. The van der Waals surface area contributed by atoms with Crippen LogP contribution in [0.15, 0.2) is 48.5 Å². The summed E-state index contributed by atoms with van der Waals surface area (Å²) in [7, 11) is 0. The zero-order valence-electron chi connectivity index (χ0n) is 12.3. The molecule has 0 saturated carbocycles. The van der Waals surface area contributed by atoms with E-state index in [0.29, 0.717) is 6.61 Å². The van der Waals surface area contributed by atoms with E-state index in [2.05, 4.69) is 26.8 Å². The topological polar surface area (TPSA) is 33.1 Å². The lowest BCUT2D eigenvalue weighted by Crippen LogP contribution is -2.14. The summed E-state index contributed by atoms with van der Waals surface area (Å²) in [5.74, 6) is 0.818. The van der Waals surface area contributed by atoms with Crippen LogP contribution in [0.1, 0.15) is 37.5 Å². The van der Waals surface area contributed by atoms with Gasteiger partial charge >= 0.3 is 0 Å². The van der Waals surface area contributed by atoms with Crippen molar-refractivity contribution in [3.63, 3.8) is 0 Å². The third-order valence-corrected chi connectivity index (χ3v) is 3.24. The molecule has 0 radical (unpaired) electrons. The van der Waals surface area contributed by atoms with Gasteiger partial charge in [-0.1, -0.05) is 63.2 Å². The average Bonchev–Trinajstić information content (AvgIpc) is 2.44. The smallest absolute Gasteiger partial charge is 0.132 e. The summed E-state index contributed by atoms with van der Waals surface area (Å²) in [6, 6.07) is 16.1. The highest BCUT2D eigenvalue weighted by atomic mass is 16.5. The third kappa shape index (κ3) is 3.27. The Morgan fingerprint density at radius 1 is 1.00 bits per heavy atom. The molecule has 0 aliphatic carbocycles. The fourth-order valence-electron chi connectivity index (χ4n) is 2.15. The van der Waals surface area contributed by atoms with Crippen LogP contribution in [0.3, 0.4) is 0 Å². The van der Waals surface area contributed by atoms with E-state index in [4.69, 9.17) is 10.1 Å². The van der Waals surface area contributed by atoms with Crippen LogP contribution in [0.25, 0.3) is 0 Å². The third-order valence-electron chi connectivity index (χ3n) is 3.24. The molecule has 2 rings (SSSR count). The molecule has 0 fully saturated rings. The van der Waals surface area contributed by atoms with Crippen molar-refractivity contribution in [1.82, 2.24) is 0 Å². The van der Waals surface area contributed by atoms with Crippen LogP contribution in [0.2, 0.25) is 0 Å². The number of hydrogen-bond acceptors (Lipinski definition) is 2. The molecule has 0 atom stereocenters. The Morgan fingerprint density at radius 2 is 1.70 bits per heavy atom. The van der Waals surface area contributed by atoms with Gasteiger partial charge in [-0.2, -0.15) is 0 Å². The van der Waals surface area contributed by atoms with Gasteiger partial charge < -0.3 is 10.1 Å². The number of ether oxygens (including phenoxy) is 1. The fourth-order valence-corrected chi connectivity index (χ4v) is 2.15. The van der Waals surface area contributed by atoms with E-state index in [1.807, 2.05) is 42.5 Å². The predicted molar refractivity (Wildman–Crippen MR) is 83.8 cm³/mol. The molecule has 0 spiro atoms. The van der Waals surface area contributed by atoms with Crippen LogP contribution in [0.4, 0.5) is 0 Å². The Morgan fingerprint density at radius 3 is 2.30 bits per heavy atom. The summed E-state index contributed by atoms with van der Waals surface area (Å²) in [6.07, 6.45) is 1.36. The van der Waals surface area contributed by atoms with Crippen LogP contribution in [-0.4, -0.2) is 6.21 Å². The molecule has 0 amide bonds. The zero-order chi connectivity index (χ0) is 14.6. The molecular weight excluding hydrogens is 246 g/mol.